The molecular weight excluding hydrogens is 374 g/mol. The summed E-state index contributed by atoms with van der Waals surface area (Å²) in [6.07, 6.45) is 10.3. The lowest BCUT2D eigenvalue weighted by molar-refractivity contribution is -0.185. The molecule has 1 aromatic carbocycles. The number of carbonyl (C=O) groups excluding carboxylic acids is 2. The Balaban J connectivity index is 1.49. The molecule has 0 saturated heterocycles. The zero-order valence-corrected chi connectivity index (χ0v) is 18.2. The van der Waals surface area contributed by atoms with Crippen LogP contribution in [0.1, 0.15) is 76.2 Å². The van der Waals surface area contributed by atoms with Crippen LogP contribution in [0, 0.1) is 22.7 Å². The van der Waals surface area contributed by atoms with Crippen LogP contribution in [0.2, 0.25) is 0 Å². The minimum absolute atomic E-state index is 0.0700. The molecule has 0 aromatic heterocycles. The van der Waals surface area contributed by atoms with E-state index < -0.39 is 5.41 Å². The van der Waals surface area contributed by atoms with E-state index in [1.165, 1.54) is 12.7 Å². The minimum Gasteiger partial charge on any atom is -0.469 e. The van der Waals surface area contributed by atoms with Crippen molar-refractivity contribution < 1.29 is 14.3 Å². The first-order valence-corrected chi connectivity index (χ1v) is 11.8. The molecule has 4 bridgehead atoms. The van der Waals surface area contributed by atoms with Crippen molar-refractivity contribution in [2.75, 3.05) is 7.11 Å². The van der Waals surface area contributed by atoms with Gasteiger partial charge in [0, 0.05) is 17.9 Å². The van der Waals surface area contributed by atoms with Gasteiger partial charge in [0.1, 0.15) is 5.78 Å². The van der Waals surface area contributed by atoms with E-state index in [4.69, 9.17) is 10.5 Å². The quantitative estimate of drug-likeness (QED) is 0.725. The highest BCUT2D eigenvalue weighted by Gasteiger charge is 2.68. The van der Waals surface area contributed by atoms with Crippen molar-refractivity contribution in [2.24, 2.45) is 28.4 Å². The summed E-state index contributed by atoms with van der Waals surface area (Å²) >= 11 is 0. The molecule has 5 aliphatic carbocycles. The van der Waals surface area contributed by atoms with Crippen molar-refractivity contribution in [3.63, 3.8) is 0 Å². The summed E-state index contributed by atoms with van der Waals surface area (Å²) in [5.41, 5.74) is 6.47. The monoisotopic (exact) mass is 409 g/mol. The summed E-state index contributed by atoms with van der Waals surface area (Å²) < 4.78 is 5.34. The van der Waals surface area contributed by atoms with Crippen LogP contribution in [-0.2, 0) is 19.7 Å². The number of rotatable bonds is 5. The van der Waals surface area contributed by atoms with Crippen LogP contribution in [0.25, 0.3) is 0 Å². The average Bonchev–Trinajstić information content (AvgIpc) is 2.74. The average molecular weight is 410 g/mol. The molecule has 0 radical (unpaired) electrons. The maximum absolute atomic E-state index is 13.9. The molecule has 2 N–H and O–H groups in total. The Bertz CT molecular complexity index is 830. The van der Waals surface area contributed by atoms with Gasteiger partial charge >= 0.3 is 5.97 Å². The fourth-order valence-electron chi connectivity index (χ4n) is 8.18. The Morgan fingerprint density at radius 2 is 1.63 bits per heavy atom. The maximum Gasteiger partial charge on any atom is 0.311 e. The number of ether oxygens (including phenoxy) is 1. The number of nitrogens with two attached hydrogens (primary N) is 1. The molecule has 4 atom stereocenters. The Kier molecular flexibility index (Phi) is 4.85. The summed E-state index contributed by atoms with van der Waals surface area (Å²) in [6.45, 7) is 0. The van der Waals surface area contributed by atoms with Gasteiger partial charge in [-0.3, -0.25) is 9.59 Å². The third kappa shape index (κ3) is 3.14. The highest BCUT2D eigenvalue weighted by molar-refractivity contribution is 5.88. The lowest BCUT2D eigenvalue weighted by Crippen LogP contribution is -2.63. The number of hydrogen-bond donors (Lipinski definition) is 1. The molecule has 5 fully saturated rings. The highest BCUT2D eigenvalue weighted by Crippen LogP contribution is 2.70. The molecule has 0 spiro atoms. The highest BCUT2D eigenvalue weighted by atomic mass is 16.5. The number of Topliss-reactive ketones (excluding diaryl/α,β-unsaturated/α-hetero) is 1. The second kappa shape index (κ2) is 7.19. The molecule has 0 amide bonds. The van der Waals surface area contributed by atoms with E-state index in [1.807, 2.05) is 0 Å². The molecule has 4 unspecified atom stereocenters. The summed E-state index contributed by atoms with van der Waals surface area (Å²) in [6, 6.07) is 11.0. The van der Waals surface area contributed by atoms with Crippen molar-refractivity contribution >= 4 is 11.8 Å². The van der Waals surface area contributed by atoms with Gasteiger partial charge in [-0.25, -0.2) is 0 Å². The number of esters is 1. The van der Waals surface area contributed by atoms with Crippen LogP contribution in [0.15, 0.2) is 30.3 Å². The van der Waals surface area contributed by atoms with Gasteiger partial charge in [-0.1, -0.05) is 30.3 Å². The van der Waals surface area contributed by atoms with Crippen molar-refractivity contribution in [1.29, 1.82) is 0 Å². The van der Waals surface area contributed by atoms with Gasteiger partial charge in [-0.15, -0.1) is 0 Å². The summed E-state index contributed by atoms with van der Waals surface area (Å²) in [7, 11) is 1.51. The van der Waals surface area contributed by atoms with Crippen molar-refractivity contribution in [3.05, 3.63) is 35.9 Å². The summed E-state index contributed by atoms with van der Waals surface area (Å²) in [4.78, 5) is 27.0. The SMILES string of the molecule is COC(=O)C12CC3CC(C(=O)CC4CCC(N)CC4)(C1)CC(c1ccccc1)(C3)C2. The van der Waals surface area contributed by atoms with E-state index in [9.17, 15) is 9.59 Å². The van der Waals surface area contributed by atoms with Crippen LogP contribution in [-0.4, -0.2) is 24.9 Å². The minimum atomic E-state index is -0.491. The molecular formula is C26H35NO3. The van der Waals surface area contributed by atoms with Crippen LogP contribution in [0.4, 0.5) is 0 Å². The van der Waals surface area contributed by atoms with E-state index in [0.29, 0.717) is 36.5 Å². The largest absolute Gasteiger partial charge is 0.469 e. The fourth-order valence-corrected chi connectivity index (χ4v) is 8.18. The normalized spacial score (nSPS) is 42.1. The third-order valence-electron chi connectivity index (χ3n) is 9.03. The Labute approximate surface area is 179 Å². The van der Waals surface area contributed by atoms with Crippen molar-refractivity contribution in [3.8, 4) is 0 Å². The summed E-state index contributed by atoms with van der Waals surface area (Å²) in [5.74, 6) is 1.23. The second-order valence-electron chi connectivity index (χ2n) is 11.1. The first kappa shape index (κ1) is 20.2. The topological polar surface area (TPSA) is 69.4 Å². The predicted octanol–water partition coefficient (Wildman–Crippen LogP) is 4.54. The van der Waals surface area contributed by atoms with Gasteiger partial charge in [0.25, 0.3) is 0 Å². The number of carbonyl (C=O) groups is 2. The Morgan fingerprint density at radius 1 is 0.967 bits per heavy atom. The first-order chi connectivity index (χ1) is 14.4. The van der Waals surface area contributed by atoms with Gasteiger partial charge in [0.2, 0.25) is 0 Å². The molecule has 0 heterocycles. The number of methoxy groups -OCH3 is 1. The van der Waals surface area contributed by atoms with Gasteiger partial charge in [0.15, 0.2) is 0 Å². The predicted molar refractivity (Wildman–Crippen MR) is 116 cm³/mol. The van der Waals surface area contributed by atoms with Gasteiger partial charge in [0.05, 0.1) is 12.5 Å². The Morgan fingerprint density at radius 3 is 2.33 bits per heavy atom. The molecule has 5 aliphatic rings. The van der Waals surface area contributed by atoms with E-state index >= 15 is 0 Å². The lowest BCUT2D eigenvalue weighted by Gasteiger charge is -2.65. The van der Waals surface area contributed by atoms with Crippen LogP contribution in [0.5, 0.6) is 0 Å². The summed E-state index contributed by atoms with van der Waals surface area (Å²) in [5, 5.41) is 0. The molecule has 30 heavy (non-hydrogen) atoms. The molecule has 1 aromatic rings. The van der Waals surface area contributed by atoms with E-state index in [1.54, 1.807) is 0 Å². The first-order valence-electron chi connectivity index (χ1n) is 11.8. The van der Waals surface area contributed by atoms with Crippen LogP contribution < -0.4 is 5.73 Å². The maximum atomic E-state index is 13.9. The van der Waals surface area contributed by atoms with Gasteiger partial charge < -0.3 is 10.5 Å². The van der Waals surface area contributed by atoms with E-state index in [-0.39, 0.29) is 16.8 Å². The van der Waals surface area contributed by atoms with Gasteiger partial charge in [-0.2, -0.15) is 0 Å². The van der Waals surface area contributed by atoms with Gasteiger partial charge in [-0.05, 0) is 87.0 Å². The molecule has 5 saturated carbocycles. The number of hydrogen-bond acceptors (Lipinski definition) is 4. The molecule has 4 heteroatoms. The molecule has 0 aliphatic heterocycles. The zero-order chi connectivity index (χ0) is 21.0. The van der Waals surface area contributed by atoms with E-state index in [2.05, 4.69) is 30.3 Å². The number of ketones is 1. The molecule has 162 valence electrons. The van der Waals surface area contributed by atoms with E-state index in [0.717, 1.165) is 57.8 Å². The standard InChI is InChI=1S/C26H35NO3/c1-30-23(29)26-14-19-12-24(16-26,20-5-3-2-4-6-20)15-25(13-19,17-26)22(28)11-18-7-9-21(27)10-8-18/h2-6,18-19,21H,7-17,27H2,1H3. The molecule has 4 nitrogen and oxygen atoms in total. The zero-order valence-electron chi connectivity index (χ0n) is 18.2. The second-order valence-corrected chi connectivity index (χ2v) is 11.1. The third-order valence-corrected chi connectivity index (χ3v) is 9.03. The number of benzene rings is 1. The van der Waals surface area contributed by atoms with Crippen LogP contribution >= 0.6 is 0 Å². The van der Waals surface area contributed by atoms with Crippen molar-refractivity contribution in [2.45, 2.75) is 82.1 Å². The van der Waals surface area contributed by atoms with Crippen LogP contribution in [0.3, 0.4) is 0 Å². The Hall–Kier alpha value is -1.68. The smallest absolute Gasteiger partial charge is 0.311 e. The molecule has 6 rings (SSSR count). The fraction of sp³-hybridized carbons (Fsp3) is 0.692. The van der Waals surface area contributed by atoms with Crippen molar-refractivity contribution in [1.82, 2.24) is 0 Å². The lowest BCUT2D eigenvalue weighted by atomic mass is 9.37.